The highest BCUT2D eigenvalue weighted by Crippen LogP contribution is 2.28. The lowest BCUT2D eigenvalue weighted by molar-refractivity contribution is 0.178. The number of nitrogens with two attached hydrogens (primary N) is 1. The Labute approximate surface area is 116 Å². The van der Waals surface area contributed by atoms with Crippen LogP contribution in [0.1, 0.15) is 11.4 Å². The predicted octanol–water partition coefficient (Wildman–Crippen LogP) is 2.93. The molecule has 1 aromatic carbocycles. The first-order chi connectivity index (χ1) is 9.65. The van der Waals surface area contributed by atoms with Crippen LogP contribution in [0.5, 0.6) is 0 Å². The molecule has 0 spiro atoms. The van der Waals surface area contributed by atoms with Gasteiger partial charge in [-0.3, -0.25) is 0 Å². The Kier molecular flexibility index (Phi) is 3.12. The van der Waals surface area contributed by atoms with Gasteiger partial charge in [-0.15, -0.1) is 0 Å². The molecule has 3 rings (SSSR count). The summed E-state index contributed by atoms with van der Waals surface area (Å²) in [6, 6.07) is 9.70. The lowest BCUT2D eigenvalue weighted by Gasteiger charge is -2.02. The summed E-state index contributed by atoms with van der Waals surface area (Å²) in [4.78, 5) is 8.52. The molecule has 0 aliphatic heterocycles. The van der Waals surface area contributed by atoms with Crippen LogP contribution >= 0.6 is 0 Å². The highest BCUT2D eigenvalue weighted by molar-refractivity contribution is 5.83. The maximum absolute atomic E-state index is 5.81. The number of aromatic nitrogens is 2. The van der Waals surface area contributed by atoms with Gasteiger partial charge in [-0.05, 0) is 25.1 Å². The molecule has 0 unspecified atom stereocenters. The highest BCUT2D eigenvalue weighted by Gasteiger charge is 2.10. The van der Waals surface area contributed by atoms with Crippen LogP contribution in [0.25, 0.3) is 22.4 Å². The number of benzene rings is 1. The van der Waals surface area contributed by atoms with Gasteiger partial charge in [0.05, 0.1) is 0 Å². The molecule has 0 aliphatic carbocycles. The third kappa shape index (κ3) is 2.35. The van der Waals surface area contributed by atoms with Gasteiger partial charge >= 0.3 is 0 Å². The first-order valence-corrected chi connectivity index (χ1v) is 6.28. The van der Waals surface area contributed by atoms with Gasteiger partial charge in [-0.25, -0.2) is 9.97 Å². The number of ether oxygens (including phenoxy) is 1. The minimum atomic E-state index is 0.317. The molecule has 0 radical (unpaired) electrons. The zero-order valence-corrected chi connectivity index (χ0v) is 11.4. The number of fused-ring (bicyclic) bond motifs is 1. The number of aryl methyl sites for hydroxylation is 1. The van der Waals surface area contributed by atoms with Gasteiger partial charge in [0.25, 0.3) is 0 Å². The molecule has 0 fully saturated rings. The van der Waals surface area contributed by atoms with Crippen molar-refractivity contribution in [2.24, 2.45) is 0 Å². The minimum Gasteiger partial charge on any atom is -0.454 e. The SMILES string of the molecule is COCc1nc(N)cc(-c2cc3cc(C)ccc3o2)n1. The van der Waals surface area contributed by atoms with Crippen molar-refractivity contribution in [1.29, 1.82) is 0 Å². The number of nitrogens with zero attached hydrogens (tertiary/aromatic N) is 2. The van der Waals surface area contributed by atoms with E-state index >= 15 is 0 Å². The number of furan rings is 1. The fraction of sp³-hybridized carbons (Fsp3) is 0.200. The summed E-state index contributed by atoms with van der Waals surface area (Å²) in [5, 5.41) is 1.05. The van der Waals surface area contributed by atoms with Gasteiger partial charge in [0.2, 0.25) is 0 Å². The number of anilines is 1. The second kappa shape index (κ2) is 4.94. The summed E-state index contributed by atoms with van der Waals surface area (Å²) < 4.78 is 10.8. The van der Waals surface area contributed by atoms with Gasteiger partial charge in [0, 0.05) is 18.6 Å². The van der Waals surface area contributed by atoms with Crippen LogP contribution in [0.15, 0.2) is 34.7 Å². The van der Waals surface area contributed by atoms with E-state index in [1.165, 1.54) is 5.56 Å². The van der Waals surface area contributed by atoms with Gasteiger partial charge < -0.3 is 14.9 Å². The molecule has 3 aromatic rings. The van der Waals surface area contributed by atoms with E-state index in [0.717, 1.165) is 11.0 Å². The number of nitrogen functional groups attached to an aromatic ring is 1. The standard InChI is InChI=1S/C15H15N3O2/c1-9-3-4-12-10(5-9)6-13(20-12)11-7-14(16)18-15(17-11)8-19-2/h3-7H,8H2,1-2H3,(H2,16,17,18). The zero-order chi connectivity index (χ0) is 14.1. The summed E-state index contributed by atoms with van der Waals surface area (Å²) in [6.45, 7) is 2.36. The Bertz CT molecular complexity index is 765. The molecule has 102 valence electrons. The predicted molar refractivity (Wildman–Crippen MR) is 77.1 cm³/mol. The molecular formula is C15H15N3O2. The number of rotatable bonds is 3. The van der Waals surface area contributed by atoms with E-state index in [0.29, 0.717) is 29.7 Å². The zero-order valence-electron chi connectivity index (χ0n) is 11.4. The molecule has 0 atom stereocenters. The molecule has 2 heterocycles. The summed E-state index contributed by atoms with van der Waals surface area (Å²) >= 11 is 0. The molecule has 0 aliphatic rings. The molecule has 2 N–H and O–H groups in total. The lowest BCUT2D eigenvalue weighted by Crippen LogP contribution is -2.02. The van der Waals surface area contributed by atoms with Crippen molar-refractivity contribution < 1.29 is 9.15 Å². The summed E-state index contributed by atoms with van der Waals surface area (Å²) in [5.41, 5.74) is 8.48. The Hall–Kier alpha value is -2.40. The van der Waals surface area contributed by atoms with Crippen LogP contribution in [0.3, 0.4) is 0 Å². The molecule has 0 saturated carbocycles. The van der Waals surface area contributed by atoms with Crippen LogP contribution in [-0.2, 0) is 11.3 Å². The van der Waals surface area contributed by atoms with Gasteiger partial charge in [0.15, 0.2) is 11.6 Å². The molecule has 2 aromatic heterocycles. The third-order valence-corrected chi connectivity index (χ3v) is 2.99. The fourth-order valence-electron chi connectivity index (χ4n) is 2.13. The Balaban J connectivity index is 2.10. The van der Waals surface area contributed by atoms with E-state index in [2.05, 4.69) is 16.0 Å². The maximum Gasteiger partial charge on any atom is 0.157 e. The Morgan fingerprint density at radius 2 is 2.05 bits per heavy atom. The number of methoxy groups -OCH3 is 1. The van der Waals surface area contributed by atoms with Crippen molar-refractivity contribution in [2.45, 2.75) is 13.5 Å². The van der Waals surface area contributed by atoms with E-state index in [9.17, 15) is 0 Å². The van der Waals surface area contributed by atoms with Crippen LogP contribution in [0, 0.1) is 6.92 Å². The Morgan fingerprint density at radius 3 is 2.85 bits per heavy atom. The van der Waals surface area contributed by atoms with Crippen molar-refractivity contribution in [3.8, 4) is 11.5 Å². The van der Waals surface area contributed by atoms with Crippen molar-refractivity contribution in [3.05, 3.63) is 41.7 Å². The van der Waals surface area contributed by atoms with E-state index in [1.54, 1.807) is 13.2 Å². The molecule has 0 bridgehead atoms. The first-order valence-electron chi connectivity index (χ1n) is 6.28. The molecule has 0 amide bonds. The first kappa shape index (κ1) is 12.6. The van der Waals surface area contributed by atoms with Gasteiger partial charge in [-0.2, -0.15) is 0 Å². The van der Waals surface area contributed by atoms with Crippen molar-refractivity contribution in [1.82, 2.24) is 9.97 Å². The van der Waals surface area contributed by atoms with E-state index < -0.39 is 0 Å². The maximum atomic E-state index is 5.81. The van der Waals surface area contributed by atoms with Crippen molar-refractivity contribution in [3.63, 3.8) is 0 Å². The van der Waals surface area contributed by atoms with E-state index in [-0.39, 0.29) is 0 Å². The van der Waals surface area contributed by atoms with Crippen LogP contribution in [0.2, 0.25) is 0 Å². The molecule has 5 nitrogen and oxygen atoms in total. The highest BCUT2D eigenvalue weighted by atomic mass is 16.5. The number of hydrogen-bond acceptors (Lipinski definition) is 5. The second-order valence-corrected chi connectivity index (χ2v) is 4.68. The summed E-state index contributed by atoms with van der Waals surface area (Å²) in [7, 11) is 1.59. The monoisotopic (exact) mass is 269 g/mol. The average molecular weight is 269 g/mol. The largest absolute Gasteiger partial charge is 0.454 e. The normalized spacial score (nSPS) is 11.1. The number of hydrogen-bond donors (Lipinski definition) is 1. The molecule has 0 saturated heterocycles. The summed E-state index contributed by atoms with van der Waals surface area (Å²) in [5.74, 6) is 1.62. The van der Waals surface area contributed by atoms with E-state index in [1.807, 2.05) is 25.1 Å². The molecule has 20 heavy (non-hydrogen) atoms. The van der Waals surface area contributed by atoms with Gasteiger partial charge in [-0.1, -0.05) is 11.6 Å². The van der Waals surface area contributed by atoms with E-state index in [4.69, 9.17) is 14.9 Å². The van der Waals surface area contributed by atoms with Crippen LogP contribution < -0.4 is 5.73 Å². The quantitative estimate of drug-likeness (QED) is 0.791. The lowest BCUT2D eigenvalue weighted by atomic mass is 10.2. The molecular weight excluding hydrogens is 254 g/mol. The smallest absolute Gasteiger partial charge is 0.157 e. The van der Waals surface area contributed by atoms with Gasteiger partial charge in [0.1, 0.15) is 23.7 Å². The van der Waals surface area contributed by atoms with Crippen LogP contribution in [0.4, 0.5) is 5.82 Å². The topological polar surface area (TPSA) is 74.2 Å². The van der Waals surface area contributed by atoms with Crippen molar-refractivity contribution >= 4 is 16.8 Å². The average Bonchev–Trinajstić information content (AvgIpc) is 2.81. The Morgan fingerprint density at radius 1 is 1.20 bits per heavy atom. The fourth-order valence-corrected chi connectivity index (χ4v) is 2.13. The van der Waals surface area contributed by atoms with Crippen molar-refractivity contribution in [2.75, 3.05) is 12.8 Å². The summed E-state index contributed by atoms with van der Waals surface area (Å²) in [6.07, 6.45) is 0. The second-order valence-electron chi connectivity index (χ2n) is 4.68. The molecule has 5 heteroatoms. The third-order valence-electron chi connectivity index (χ3n) is 2.99. The minimum absolute atomic E-state index is 0.317. The van der Waals surface area contributed by atoms with Crippen LogP contribution in [-0.4, -0.2) is 17.1 Å².